The highest BCUT2D eigenvalue weighted by Crippen LogP contribution is 2.18. The molecule has 2 saturated heterocycles. The number of likely N-dealkylation sites (N-methyl/N-ethyl adjacent to an activating group) is 1. The summed E-state index contributed by atoms with van der Waals surface area (Å²) in [5, 5.41) is 5.73. The zero-order chi connectivity index (χ0) is 18.7. The first-order chi connectivity index (χ1) is 12.4. The van der Waals surface area contributed by atoms with Gasteiger partial charge in [-0.1, -0.05) is 6.07 Å². The summed E-state index contributed by atoms with van der Waals surface area (Å²) in [5.41, 5.74) is 0.0603. The number of urea groups is 1. The second-order valence-electron chi connectivity index (χ2n) is 7.07. The van der Waals surface area contributed by atoms with Crippen molar-refractivity contribution in [2.24, 2.45) is 0 Å². The second kappa shape index (κ2) is 7.99. The fraction of sp³-hybridized carbons (Fsp3) is 0.556. The highest BCUT2D eigenvalue weighted by Gasteiger charge is 2.29. The van der Waals surface area contributed by atoms with Gasteiger partial charge in [-0.25, -0.2) is 13.6 Å². The van der Waals surface area contributed by atoms with E-state index in [9.17, 15) is 18.4 Å². The Labute approximate surface area is 151 Å². The van der Waals surface area contributed by atoms with Crippen LogP contribution in [-0.4, -0.2) is 60.5 Å². The first-order valence-corrected chi connectivity index (χ1v) is 8.88. The SMILES string of the molecule is CN1CC(NC(=O)NC2CCCN(Cc3c(F)cccc3F)C2)CC1=O. The van der Waals surface area contributed by atoms with Crippen molar-refractivity contribution >= 4 is 11.9 Å². The van der Waals surface area contributed by atoms with Crippen LogP contribution in [0.4, 0.5) is 13.6 Å². The molecule has 0 radical (unpaired) electrons. The monoisotopic (exact) mass is 366 g/mol. The van der Waals surface area contributed by atoms with Crippen LogP contribution in [0.2, 0.25) is 0 Å². The van der Waals surface area contributed by atoms with Gasteiger partial charge in [0.05, 0.1) is 6.04 Å². The molecule has 0 aromatic heterocycles. The van der Waals surface area contributed by atoms with Crippen molar-refractivity contribution in [1.29, 1.82) is 0 Å². The molecule has 2 fully saturated rings. The molecular weight excluding hydrogens is 342 g/mol. The van der Waals surface area contributed by atoms with Gasteiger partial charge in [-0.2, -0.15) is 0 Å². The first-order valence-electron chi connectivity index (χ1n) is 8.88. The molecule has 3 amide bonds. The quantitative estimate of drug-likeness (QED) is 0.848. The number of halogens is 2. The van der Waals surface area contributed by atoms with Gasteiger partial charge in [-0.05, 0) is 31.5 Å². The van der Waals surface area contributed by atoms with Crippen LogP contribution in [0, 0.1) is 11.6 Å². The highest BCUT2D eigenvalue weighted by atomic mass is 19.1. The van der Waals surface area contributed by atoms with Gasteiger partial charge in [0.25, 0.3) is 0 Å². The van der Waals surface area contributed by atoms with Crippen LogP contribution in [0.15, 0.2) is 18.2 Å². The van der Waals surface area contributed by atoms with Gasteiger partial charge in [-0.15, -0.1) is 0 Å². The molecule has 26 heavy (non-hydrogen) atoms. The van der Waals surface area contributed by atoms with Gasteiger partial charge in [0.1, 0.15) is 11.6 Å². The third-order valence-electron chi connectivity index (χ3n) is 4.96. The van der Waals surface area contributed by atoms with E-state index in [2.05, 4.69) is 10.6 Å². The summed E-state index contributed by atoms with van der Waals surface area (Å²) < 4.78 is 27.7. The number of nitrogens with zero attached hydrogens (tertiary/aromatic N) is 2. The van der Waals surface area contributed by atoms with Crippen molar-refractivity contribution in [3.63, 3.8) is 0 Å². The summed E-state index contributed by atoms with van der Waals surface area (Å²) in [6.45, 7) is 1.95. The molecule has 1 aromatic rings. The maximum absolute atomic E-state index is 13.8. The molecule has 2 aliphatic rings. The number of hydrogen-bond donors (Lipinski definition) is 2. The number of amides is 3. The average Bonchev–Trinajstić information content (AvgIpc) is 2.89. The van der Waals surface area contributed by atoms with Gasteiger partial charge >= 0.3 is 6.03 Å². The van der Waals surface area contributed by atoms with Crippen LogP contribution in [0.5, 0.6) is 0 Å². The molecule has 0 spiro atoms. The maximum Gasteiger partial charge on any atom is 0.315 e. The molecule has 2 heterocycles. The molecule has 0 bridgehead atoms. The Balaban J connectivity index is 1.50. The Bertz CT molecular complexity index is 665. The number of hydrogen-bond acceptors (Lipinski definition) is 3. The van der Waals surface area contributed by atoms with Crippen molar-refractivity contribution in [2.75, 3.05) is 26.7 Å². The minimum atomic E-state index is -0.548. The summed E-state index contributed by atoms with van der Waals surface area (Å²) in [7, 11) is 1.71. The molecule has 0 saturated carbocycles. The molecule has 8 heteroatoms. The minimum absolute atomic E-state index is 0.0195. The largest absolute Gasteiger partial charge is 0.344 e. The van der Waals surface area contributed by atoms with Gasteiger partial charge in [0.15, 0.2) is 0 Å². The molecule has 3 rings (SSSR count). The van der Waals surface area contributed by atoms with E-state index >= 15 is 0 Å². The molecule has 0 aliphatic carbocycles. The standard InChI is InChI=1S/C18H24F2N4O2/c1-23-9-13(8-17(23)25)22-18(26)21-12-4-3-7-24(10-12)11-14-15(19)5-2-6-16(14)20/h2,5-6,12-13H,3-4,7-11H2,1H3,(H2,21,22,26). The van der Waals surface area contributed by atoms with Gasteiger partial charge < -0.3 is 15.5 Å². The van der Waals surface area contributed by atoms with Crippen molar-refractivity contribution in [1.82, 2.24) is 20.4 Å². The number of nitrogens with one attached hydrogen (secondary N) is 2. The zero-order valence-corrected chi connectivity index (χ0v) is 14.8. The first kappa shape index (κ1) is 18.6. The zero-order valence-electron chi connectivity index (χ0n) is 14.8. The average molecular weight is 366 g/mol. The number of likely N-dealkylation sites (tertiary alicyclic amines) is 2. The Morgan fingerprint density at radius 2 is 1.88 bits per heavy atom. The van der Waals surface area contributed by atoms with E-state index in [4.69, 9.17) is 0 Å². The number of carbonyl (C=O) groups excluding carboxylic acids is 2. The van der Waals surface area contributed by atoms with E-state index in [0.717, 1.165) is 19.4 Å². The normalized spacial score (nSPS) is 24.0. The van der Waals surface area contributed by atoms with Crippen molar-refractivity contribution in [3.8, 4) is 0 Å². The van der Waals surface area contributed by atoms with E-state index in [0.29, 0.717) is 19.5 Å². The number of rotatable bonds is 4. The summed E-state index contributed by atoms with van der Waals surface area (Å²) in [5.74, 6) is -1.08. The molecule has 2 aliphatic heterocycles. The van der Waals surface area contributed by atoms with Crippen LogP contribution in [0.3, 0.4) is 0 Å². The number of carbonyl (C=O) groups is 2. The second-order valence-corrected chi connectivity index (χ2v) is 7.07. The lowest BCUT2D eigenvalue weighted by molar-refractivity contribution is -0.126. The molecule has 2 atom stereocenters. The van der Waals surface area contributed by atoms with Crippen molar-refractivity contribution < 1.29 is 18.4 Å². The molecule has 142 valence electrons. The number of piperidine rings is 1. The van der Waals surface area contributed by atoms with Crippen LogP contribution in [0.1, 0.15) is 24.8 Å². The topological polar surface area (TPSA) is 64.7 Å². The predicted molar refractivity (Wildman–Crippen MR) is 92.4 cm³/mol. The predicted octanol–water partition coefficient (Wildman–Crippen LogP) is 1.46. The molecule has 2 N–H and O–H groups in total. The Morgan fingerprint density at radius 1 is 1.19 bits per heavy atom. The van der Waals surface area contributed by atoms with E-state index < -0.39 is 11.6 Å². The number of benzene rings is 1. The van der Waals surface area contributed by atoms with E-state index in [1.807, 2.05) is 4.90 Å². The summed E-state index contributed by atoms with van der Waals surface area (Å²) in [6.07, 6.45) is 1.96. The summed E-state index contributed by atoms with van der Waals surface area (Å²) >= 11 is 0. The third-order valence-corrected chi connectivity index (χ3v) is 4.96. The minimum Gasteiger partial charge on any atom is -0.344 e. The smallest absolute Gasteiger partial charge is 0.315 e. The van der Waals surface area contributed by atoms with Crippen LogP contribution >= 0.6 is 0 Å². The molecular formula is C18H24F2N4O2. The maximum atomic E-state index is 13.8. The van der Waals surface area contributed by atoms with Crippen LogP contribution < -0.4 is 10.6 Å². The highest BCUT2D eigenvalue weighted by molar-refractivity contribution is 5.81. The van der Waals surface area contributed by atoms with Crippen LogP contribution in [0.25, 0.3) is 0 Å². The Hall–Kier alpha value is -2.22. The van der Waals surface area contributed by atoms with Crippen molar-refractivity contribution in [2.45, 2.75) is 37.9 Å². The van der Waals surface area contributed by atoms with Crippen LogP contribution in [-0.2, 0) is 11.3 Å². The lowest BCUT2D eigenvalue weighted by atomic mass is 10.0. The molecule has 2 unspecified atom stereocenters. The lowest BCUT2D eigenvalue weighted by Gasteiger charge is -2.33. The lowest BCUT2D eigenvalue weighted by Crippen LogP contribution is -2.52. The van der Waals surface area contributed by atoms with E-state index in [1.54, 1.807) is 11.9 Å². The van der Waals surface area contributed by atoms with Crippen molar-refractivity contribution in [3.05, 3.63) is 35.4 Å². The Morgan fingerprint density at radius 3 is 2.54 bits per heavy atom. The summed E-state index contributed by atoms with van der Waals surface area (Å²) in [6, 6.07) is 3.29. The fourth-order valence-electron chi connectivity index (χ4n) is 3.60. The van der Waals surface area contributed by atoms with Gasteiger partial charge in [0, 0.05) is 44.7 Å². The van der Waals surface area contributed by atoms with E-state index in [1.165, 1.54) is 18.2 Å². The molecule has 1 aromatic carbocycles. The van der Waals surface area contributed by atoms with Gasteiger partial charge in [-0.3, -0.25) is 9.69 Å². The van der Waals surface area contributed by atoms with E-state index in [-0.39, 0.29) is 36.1 Å². The fourth-order valence-corrected chi connectivity index (χ4v) is 3.60. The Kier molecular flexibility index (Phi) is 5.70. The summed E-state index contributed by atoms with van der Waals surface area (Å²) in [4.78, 5) is 27.2. The molecule has 6 nitrogen and oxygen atoms in total. The third kappa shape index (κ3) is 4.49. The van der Waals surface area contributed by atoms with Gasteiger partial charge in [0.2, 0.25) is 5.91 Å².